The smallest absolute Gasteiger partial charge is 0.253 e. The highest BCUT2D eigenvalue weighted by Crippen LogP contribution is 2.22. The molecule has 0 aliphatic carbocycles. The van der Waals surface area contributed by atoms with Gasteiger partial charge in [0.1, 0.15) is 5.75 Å². The fourth-order valence-corrected chi connectivity index (χ4v) is 4.21. The standard InChI is InChI=1S/C27H31N3O3/c1-21-7-5-8-22(2)26(21)33-20-6-9-25(31)29-16-18-30(19-17-29)27(32)23-10-12-24(13-11-23)28-14-3-4-15-28/h3-5,7-8,10-15H,6,9,16-20H2,1-2H3. The number of ether oxygens (including phenoxy) is 1. The van der Waals surface area contributed by atoms with Crippen LogP contribution in [0.2, 0.25) is 0 Å². The Balaban J connectivity index is 1.21. The molecule has 0 saturated carbocycles. The number of rotatable bonds is 7. The molecule has 4 rings (SSSR count). The lowest BCUT2D eigenvalue weighted by atomic mass is 10.1. The van der Waals surface area contributed by atoms with Crippen LogP contribution in [0.1, 0.15) is 34.3 Å². The van der Waals surface area contributed by atoms with Gasteiger partial charge in [-0.3, -0.25) is 9.59 Å². The van der Waals surface area contributed by atoms with E-state index < -0.39 is 0 Å². The predicted molar refractivity (Wildman–Crippen MR) is 129 cm³/mol. The molecule has 0 N–H and O–H groups in total. The van der Waals surface area contributed by atoms with Crippen molar-refractivity contribution in [2.75, 3.05) is 32.8 Å². The Morgan fingerprint density at radius 2 is 1.42 bits per heavy atom. The van der Waals surface area contributed by atoms with Crippen LogP contribution < -0.4 is 4.74 Å². The van der Waals surface area contributed by atoms with Gasteiger partial charge in [0.25, 0.3) is 5.91 Å². The maximum Gasteiger partial charge on any atom is 0.253 e. The summed E-state index contributed by atoms with van der Waals surface area (Å²) in [6.07, 6.45) is 5.09. The highest BCUT2D eigenvalue weighted by atomic mass is 16.5. The molecule has 0 unspecified atom stereocenters. The van der Waals surface area contributed by atoms with E-state index >= 15 is 0 Å². The lowest BCUT2D eigenvalue weighted by Gasteiger charge is -2.35. The molecule has 1 aliphatic heterocycles. The molecular weight excluding hydrogens is 414 g/mol. The van der Waals surface area contributed by atoms with E-state index in [0.29, 0.717) is 51.2 Å². The number of nitrogens with zero attached hydrogens (tertiary/aromatic N) is 3. The molecule has 1 aliphatic rings. The van der Waals surface area contributed by atoms with Crippen LogP contribution in [0, 0.1) is 13.8 Å². The number of benzene rings is 2. The Bertz CT molecular complexity index is 1060. The molecule has 33 heavy (non-hydrogen) atoms. The van der Waals surface area contributed by atoms with E-state index in [1.807, 2.05) is 95.2 Å². The molecule has 0 atom stereocenters. The van der Waals surface area contributed by atoms with Gasteiger partial charge in [-0.1, -0.05) is 18.2 Å². The monoisotopic (exact) mass is 445 g/mol. The quantitative estimate of drug-likeness (QED) is 0.511. The van der Waals surface area contributed by atoms with Crippen LogP contribution in [0.4, 0.5) is 0 Å². The van der Waals surface area contributed by atoms with E-state index in [4.69, 9.17) is 4.74 Å². The molecule has 1 aromatic heterocycles. The molecule has 1 fully saturated rings. The second-order valence-corrected chi connectivity index (χ2v) is 8.48. The highest BCUT2D eigenvalue weighted by molar-refractivity contribution is 5.94. The number of aromatic nitrogens is 1. The first-order chi connectivity index (χ1) is 16.0. The zero-order valence-electron chi connectivity index (χ0n) is 19.4. The SMILES string of the molecule is Cc1cccc(C)c1OCCCC(=O)N1CCN(C(=O)c2ccc(-n3cccc3)cc2)CC1. The maximum atomic E-state index is 12.9. The summed E-state index contributed by atoms with van der Waals surface area (Å²) in [7, 11) is 0. The summed E-state index contributed by atoms with van der Waals surface area (Å²) < 4.78 is 7.92. The van der Waals surface area contributed by atoms with Crippen LogP contribution in [0.5, 0.6) is 5.75 Å². The fourth-order valence-electron chi connectivity index (χ4n) is 4.21. The highest BCUT2D eigenvalue weighted by Gasteiger charge is 2.24. The van der Waals surface area contributed by atoms with Crippen molar-refractivity contribution in [3.63, 3.8) is 0 Å². The first-order valence-electron chi connectivity index (χ1n) is 11.5. The number of carbonyl (C=O) groups excluding carboxylic acids is 2. The van der Waals surface area contributed by atoms with Crippen molar-refractivity contribution in [3.05, 3.63) is 83.7 Å². The molecule has 0 radical (unpaired) electrons. The fraction of sp³-hybridized carbons (Fsp3) is 0.333. The van der Waals surface area contributed by atoms with Crippen LogP contribution >= 0.6 is 0 Å². The zero-order valence-corrected chi connectivity index (χ0v) is 19.4. The summed E-state index contributed by atoms with van der Waals surface area (Å²) >= 11 is 0. The summed E-state index contributed by atoms with van der Waals surface area (Å²) in [4.78, 5) is 29.2. The van der Waals surface area contributed by atoms with Gasteiger partial charge in [0.2, 0.25) is 5.91 Å². The van der Waals surface area contributed by atoms with E-state index in [1.54, 1.807) is 0 Å². The molecule has 0 spiro atoms. The molecule has 6 nitrogen and oxygen atoms in total. The normalized spacial score (nSPS) is 13.8. The van der Waals surface area contributed by atoms with Crippen molar-refractivity contribution in [1.82, 2.24) is 14.4 Å². The molecular formula is C27H31N3O3. The summed E-state index contributed by atoms with van der Waals surface area (Å²) in [5.41, 5.74) is 3.92. The Morgan fingerprint density at radius 3 is 2.06 bits per heavy atom. The molecule has 172 valence electrons. The number of carbonyl (C=O) groups is 2. The molecule has 2 amide bonds. The first-order valence-corrected chi connectivity index (χ1v) is 11.5. The Labute approximate surface area is 195 Å². The minimum atomic E-state index is 0.0168. The van der Waals surface area contributed by atoms with Crippen molar-refractivity contribution in [2.24, 2.45) is 0 Å². The molecule has 2 aromatic carbocycles. The van der Waals surface area contributed by atoms with Gasteiger partial charge in [0, 0.05) is 56.2 Å². The van der Waals surface area contributed by atoms with Gasteiger partial charge >= 0.3 is 0 Å². The van der Waals surface area contributed by atoms with Crippen LogP contribution in [0.15, 0.2) is 67.0 Å². The van der Waals surface area contributed by atoms with Crippen LogP contribution in [0.3, 0.4) is 0 Å². The third-order valence-electron chi connectivity index (χ3n) is 6.13. The van der Waals surface area contributed by atoms with Crippen LogP contribution in [-0.4, -0.2) is 59.0 Å². The van der Waals surface area contributed by atoms with Crippen molar-refractivity contribution < 1.29 is 14.3 Å². The number of amides is 2. The third-order valence-corrected chi connectivity index (χ3v) is 6.13. The predicted octanol–water partition coefficient (Wildman–Crippen LogP) is 4.24. The lowest BCUT2D eigenvalue weighted by Crippen LogP contribution is -2.50. The average molecular weight is 446 g/mol. The van der Waals surface area contributed by atoms with Crippen LogP contribution in [-0.2, 0) is 4.79 Å². The number of piperazine rings is 1. The van der Waals surface area contributed by atoms with E-state index in [9.17, 15) is 9.59 Å². The molecule has 2 heterocycles. The second-order valence-electron chi connectivity index (χ2n) is 8.48. The van der Waals surface area contributed by atoms with Crippen LogP contribution in [0.25, 0.3) is 5.69 Å². The summed E-state index contributed by atoms with van der Waals surface area (Å²) in [6.45, 7) is 6.85. The Morgan fingerprint density at radius 1 is 0.818 bits per heavy atom. The number of hydrogen-bond acceptors (Lipinski definition) is 3. The Hall–Kier alpha value is -3.54. The minimum Gasteiger partial charge on any atom is -0.493 e. The van der Waals surface area contributed by atoms with E-state index in [2.05, 4.69) is 0 Å². The average Bonchev–Trinajstić information content (AvgIpc) is 3.38. The first kappa shape index (κ1) is 22.6. The third kappa shape index (κ3) is 5.45. The van der Waals surface area contributed by atoms with Gasteiger partial charge < -0.3 is 19.1 Å². The topological polar surface area (TPSA) is 54.8 Å². The maximum absolute atomic E-state index is 12.9. The lowest BCUT2D eigenvalue weighted by molar-refractivity contribution is -0.132. The number of hydrogen-bond donors (Lipinski definition) is 0. The Kier molecular flexibility index (Phi) is 7.13. The zero-order chi connectivity index (χ0) is 23.2. The van der Waals surface area contributed by atoms with Crippen molar-refractivity contribution >= 4 is 11.8 Å². The van der Waals surface area contributed by atoms with Gasteiger partial charge in [-0.2, -0.15) is 0 Å². The van der Waals surface area contributed by atoms with E-state index in [0.717, 1.165) is 22.6 Å². The summed E-state index contributed by atoms with van der Waals surface area (Å²) in [5.74, 6) is 1.06. The largest absolute Gasteiger partial charge is 0.493 e. The summed E-state index contributed by atoms with van der Waals surface area (Å²) in [5, 5.41) is 0. The van der Waals surface area contributed by atoms with E-state index in [-0.39, 0.29) is 11.8 Å². The minimum absolute atomic E-state index is 0.0168. The van der Waals surface area contributed by atoms with Crippen molar-refractivity contribution in [3.8, 4) is 11.4 Å². The number of aryl methyl sites for hydroxylation is 2. The van der Waals surface area contributed by atoms with Gasteiger partial charge in [-0.15, -0.1) is 0 Å². The molecule has 6 heteroatoms. The molecule has 0 bridgehead atoms. The van der Waals surface area contributed by atoms with Crippen molar-refractivity contribution in [1.29, 1.82) is 0 Å². The molecule has 1 saturated heterocycles. The van der Waals surface area contributed by atoms with Gasteiger partial charge in [0.15, 0.2) is 0 Å². The van der Waals surface area contributed by atoms with E-state index in [1.165, 1.54) is 0 Å². The molecule has 3 aromatic rings. The van der Waals surface area contributed by atoms with Gasteiger partial charge in [-0.25, -0.2) is 0 Å². The van der Waals surface area contributed by atoms with Gasteiger partial charge in [-0.05, 0) is 67.8 Å². The summed E-state index contributed by atoms with van der Waals surface area (Å²) in [6, 6.07) is 17.7. The van der Waals surface area contributed by atoms with Gasteiger partial charge in [0.05, 0.1) is 6.61 Å². The van der Waals surface area contributed by atoms with Crippen molar-refractivity contribution in [2.45, 2.75) is 26.7 Å². The number of para-hydroxylation sites is 1. The second kappa shape index (κ2) is 10.4.